The van der Waals surface area contributed by atoms with Gasteiger partial charge in [-0.2, -0.15) is 0 Å². The summed E-state index contributed by atoms with van der Waals surface area (Å²) in [5.41, 5.74) is 0.714. The van der Waals surface area contributed by atoms with E-state index >= 15 is 0 Å². The number of halogens is 3. The second-order valence-corrected chi connectivity index (χ2v) is 8.55. The summed E-state index contributed by atoms with van der Waals surface area (Å²) in [6.07, 6.45) is 0. The van der Waals surface area contributed by atoms with Gasteiger partial charge in [-0.15, -0.1) is 23.1 Å². The van der Waals surface area contributed by atoms with Crippen LogP contribution in [0.4, 0.5) is 0 Å². The molecule has 2 aromatic rings. The Labute approximate surface area is 135 Å². The lowest BCUT2D eigenvalue weighted by atomic mass is 10.2. The minimum absolute atomic E-state index is 0.0914. The number of rotatable bonds is 4. The highest BCUT2D eigenvalue weighted by Gasteiger charge is 2.14. The first-order valence-electron chi connectivity index (χ1n) is 4.93. The van der Waals surface area contributed by atoms with Crippen LogP contribution in [0.5, 0.6) is 0 Å². The first-order valence-corrected chi connectivity index (χ1v) is 8.70. The minimum Gasteiger partial charge on any atom is -0.293 e. The fourth-order valence-corrected chi connectivity index (χ4v) is 5.29. The summed E-state index contributed by atoms with van der Waals surface area (Å²) in [5.74, 6) is 0.472. The molecule has 0 fully saturated rings. The Balaban J connectivity index is 2.05. The van der Waals surface area contributed by atoms with Crippen molar-refractivity contribution in [2.45, 2.75) is 4.90 Å². The maximum Gasteiger partial charge on any atom is 0.175 e. The maximum absolute atomic E-state index is 12.1. The standard InChI is InChI=1S/C12H7Br2ClOS2/c13-11-5-7(12(14)18-11)9(16)6-17-10-4-2-1-3-8(10)15/h1-5H,6H2. The SMILES string of the molecule is O=C(CSc1ccccc1Cl)c1cc(Br)sc1Br. The summed E-state index contributed by atoms with van der Waals surface area (Å²) in [4.78, 5) is 13.0. The Kier molecular flexibility index (Phi) is 5.33. The number of Topliss-reactive ketones (excluding diaryl/α,β-unsaturated/α-hetero) is 1. The van der Waals surface area contributed by atoms with Gasteiger partial charge in [0.1, 0.15) is 0 Å². The summed E-state index contributed by atoms with van der Waals surface area (Å²) in [7, 11) is 0. The molecule has 0 bridgehead atoms. The Hall–Kier alpha value is 0.190. The van der Waals surface area contributed by atoms with E-state index in [1.54, 1.807) is 0 Å². The van der Waals surface area contributed by atoms with Crippen molar-refractivity contribution in [3.63, 3.8) is 0 Å². The minimum atomic E-state index is 0.0914. The number of thiophene rings is 1. The van der Waals surface area contributed by atoms with E-state index < -0.39 is 0 Å². The lowest BCUT2D eigenvalue weighted by Crippen LogP contribution is -2.01. The van der Waals surface area contributed by atoms with Gasteiger partial charge in [0, 0.05) is 10.5 Å². The first kappa shape index (κ1) is 14.6. The fourth-order valence-electron chi connectivity index (χ4n) is 1.31. The average Bonchev–Trinajstić information content (AvgIpc) is 2.67. The maximum atomic E-state index is 12.1. The molecule has 0 aliphatic carbocycles. The molecular weight excluding hydrogens is 420 g/mol. The van der Waals surface area contributed by atoms with Gasteiger partial charge in [-0.3, -0.25) is 4.79 Å². The van der Waals surface area contributed by atoms with Crippen molar-refractivity contribution < 1.29 is 4.79 Å². The van der Waals surface area contributed by atoms with Gasteiger partial charge in [0.05, 0.1) is 18.3 Å². The van der Waals surface area contributed by atoms with Gasteiger partial charge in [-0.25, -0.2) is 0 Å². The van der Waals surface area contributed by atoms with Gasteiger partial charge in [-0.1, -0.05) is 23.7 Å². The third-order valence-corrected chi connectivity index (χ3v) is 6.01. The van der Waals surface area contributed by atoms with Crippen molar-refractivity contribution >= 4 is 72.3 Å². The fraction of sp³-hybridized carbons (Fsp3) is 0.0833. The Morgan fingerprint density at radius 3 is 2.67 bits per heavy atom. The molecule has 2 rings (SSSR count). The number of thioether (sulfide) groups is 1. The quantitative estimate of drug-likeness (QED) is 0.447. The van der Waals surface area contributed by atoms with Crippen LogP contribution in [0.15, 0.2) is 42.8 Å². The van der Waals surface area contributed by atoms with Crippen LogP contribution in [-0.2, 0) is 0 Å². The van der Waals surface area contributed by atoms with Crippen molar-refractivity contribution in [3.8, 4) is 0 Å². The molecule has 1 nitrogen and oxygen atoms in total. The van der Waals surface area contributed by atoms with E-state index in [1.165, 1.54) is 23.1 Å². The molecule has 0 aliphatic heterocycles. The highest BCUT2D eigenvalue weighted by molar-refractivity contribution is 9.12. The molecule has 0 saturated carbocycles. The summed E-state index contributed by atoms with van der Waals surface area (Å²) >= 11 is 15.8. The molecule has 0 spiro atoms. The van der Waals surface area contributed by atoms with Crippen LogP contribution < -0.4 is 0 Å². The lowest BCUT2D eigenvalue weighted by molar-refractivity contribution is 0.102. The summed E-state index contributed by atoms with van der Waals surface area (Å²) in [6, 6.07) is 9.37. The van der Waals surface area contributed by atoms with Crippen LogP contribution in [0, 0.1) is 0 Å². The monoisotopic (exact) mass is 424 g/mol. The Bertz CT molecular complexity index is 583. The highest BCUT2D eigenvalue weighted by Crippen LogP contribution is 2.34. The summed E-state index contributed by atoms with van der Waals surface area (Å²) in [6.45, 7) is 0. The van der Waals surface area contributed by atoms with Crippen LogP contribution in [0.2, 0.25) is 5.02 Å². The van der Waals surface area contributed by atoms with E-state index in [0.29, 0.717) is 16.3 Å². The van der Waals surface area contributed by atoms with E-state index in [0.717, 1.165) is 12.5 Å². The molecule has 0 atom stereocenters. The average molecular weight is 427 g/mol. The van der Waals surface area contributed by atoms with E-state index in [4.69, 9.17) is 11.6 Å². The molecule has 1 aromatic carbocycles. The largest absolute Gasteiger partial charge is 0.293 e. The van der Waals surface area contributed by atoms with Crippen LogP contribution in [0.1, 0.15) is 10.4 Å². The van der Waals surface area contributed by atoms with Gasteiger partial charge >= 0.3 is 0 Å². The normalized spacial score (nSPS) is 10.6. The number of carbonyl (C=O) groups excluding carboxylic acids is 1. The van der Waals surface area contributed by atoms with Gasteiger partial charge in [-0.05, 0) is 50.1 Å². The van der Waals surface area contributed by atoms with E-state index in [-0.39, 0.29) is 5.78 Å². The van der Waals surface area contributed by atoms with Crippen molar-refractivity contribution in [1.82, 2.24) is 0 Å². The third-order valence-electron chi connectivity index (χ3n) is 2.15. The third kappa shape index (κ3) is 3.61. The Morgan fingerprint density at radius 2 is 2.06 bits per heavy atom. The molecule has 94 valence electrons. The Morgan fingerprint density at radius 1 is 1.33 bits per heavy atom. The molecule has 0 radical (unpaired) electrons. The highest BCUT2D eigenvalue weighted by atomic mass is 79.9. The van der Waals surface area contributed by atoms with E-state index in [2.05, 4.69) is 31.9 Å². The zero-order chi connectivity index (χ0) is 13.1. The smallest absolute Gasteiger partial charge is 0.175 e. The molecule has 1 aromatic heterocycles. The van der Waals surface area contributed by atoms with Crippen LogP contribution in [-0.4, -0.2) is 11.5 Å². The van der Waals surface area contributed by atoms with E-state index in [9.17, 15) is 4.79 Å². The van der Waals surface area contributed by atoms with Crippen molar-refractivity contribution in [2.75, 3.05) is 5.75 Å². The zero-order valence-corrected chi connectivity index (χ0v) is 14.5. The molecule has 0 N–H and O–H groups in total. The van der Waals surface area contributed by atoms with Gasteiger partial charge in [0.2, 0.25) is 0 Å². The lowest BCUT2D eigenvalue weighted by Gasteiger charge is -2.02. The van der Waals surface area contributed by atoms with Gasteiger partial charge in [0.25, 0.3) is 0 Å². The van der Waals surface area contributed by atoms with Gasteiger partial charge in [0.15, 0.2) is 5.78 Å². The predicted molar refractivity (Wildman–Crippen MR) is 86.2 cm³/mol. The molecule has 0 unspecified atom stereocenters. The molecule has 0 amide bonds. The molecular formula is C12H7Br2ClOS2. The number of hydrogen-bond acceptors (Lipinski definition) is 3. The molecule has 18 heavy (non-hydrogen) atoms. The molecule has 0 saturated heterocycles. The molecule has 0 aliphatic rings. The van der Waals surface area contributed by atoms with Crippen molar-refractivity contribution in [3.05, 3.63) is 48.5 Å². The van der Waals surface area contributed by atoms with Crippen LogP contribution in [0.3, 0.4) is 0 Å². The van der Waals surface area contributed by atoms with Gasteiger partial charge < -0.3 is 0 Å². The van der Waals surface area contributed by atoms with Crippen LogP contribution in [0.25, 0.3) is 0 Å². The van der Waals surface area contributed by atoms with Crippen molar-refractivity contribution in [2.24, 2.45) is 0 Å². The van der Waals surface area contributed by atoms with Crippen molar-refractivity contribution in [1.29, 1.82) is 0 Å². The topological polar surface area (TPSA) is 17.1 Å². The second kappa shape index (κ2) is 6.57. The van der Waals surface area contributed by atoms with E-state index in [1.807, 2.05) is 30.3 Å². The van der Waals surface area contributed by atoms with Crippen LogP contribution >= 0.6 is 66.6 Å². The number of benzene rings is 1. The molecule has 1 heterocycles. The predicted octanol–water partition coefficient (Wildman–Crippen LogP) is 5.90. The summed E-state index contributed by atoms with van der Waals surface area (Å²) < 4.78 is 1.81. The summed E-state index contributed by atoms with van der Waals surface area (Å²) in [5, 5.41) is 0.681. The zero-order valence-electron chi connectivity index (χ0n) is 8.95. The number of ketones is 1. The second-order valence-electron chi connectivity index (χ2n) is 3.38. The first-order chi connectivity index (χ1) is 8.58. The molecule has 6 heteroatoms. The number of hydrogen-bond donors (Lipinski definition) is 0. The number of carbonyl (C=O) groups is 1.